The Bertz CT molecular complexity index is 1250. The summed E-state index contributed by atoms with van der Waals surface area (Å²) in [6.45, 7) is 5.01. The molecule has 0 unspecified atom stereocenters. The van der Waals surface area contributed by atoms with E-state index in [-0.39, 0.29) is 18.8 Å². The lowest BCUT2D eigenvalue weighted by Gasteiger charge is -2.16. The monoisotopic (exact) mass is 476 g/mol. The maximum Gasteiger partial charge on any atom is 0.340 e. The minimum Gasteiger partial charge on any atom is -0.497 e. The van der Waals surface area contributed by atoms with Crippen molar-refractivity contribution in [2.24, 2.45) is 0 Å². The molecule has 1 aromatic heterocycles. The van der Waals surface area contributed by atoms with Crippen LogP contribution in [0.15, 0.2) is 54.6 Å². The van der Waals surface area contributed by atoms with Gasteiger partial charge in [0.2, 0.25) is 5.91 Å². The Balaban J connectivity index is 1.67. The number of esters is 2. The number of pyridine rings is 1. The fraction of sp³-hybridized carbons (Fsp3) is 0.259. The largest absolute Gasteiger partial charge is 0.497 e. The quantitative estimate of drug-likeness (QED) is 0.368. The molecule has 0 fully saturated rings. The topological polar surface area (TPSA) is 104 Å². The lowest BCUT2D eigenvalue weighted by molar-refractivity contribution is -0.148. The lowest BCUT2D eigenvalue weighted by Crippen LogP contribution is -2.38. The summed E-state index contributed by atoms with van der Waals surface area (Å²) in [5, 5.41) is 3.39. The summed E-state index contributed by atoms with van der Waals surface area (Å²) in [6, 6.07) is 13.7. The Morgan fingerprint density at radius 3 is 2.46 bits per heavy atom. The van der Waals surface area contributed by atoms with E-state index in [1.54, 1.807) is 51.3 Å². The van der Waals surface area contributed by atoms with E-state index in [9.17, 15) is 14.4 Å². The smallest absolute Gasteiger partial charge is 0.340 e. The predicted octanol–water partition coefficient (Wildman–Crippen LogP) is 3.99. The first kappa shape index (κ1) is 25.4. The number of amides is 1. The van der Waals surface area contributed by atoms with E-state index in [2.05, 4.69) is 10.3 Å². The molecule has 0 aliphatic heterocycles. The third-order valence-corrected chi connectivity index (χ3v) is 5.31. The minimum atomic E-state index is -0.907. The first-order valence-electron chi connectivity index (χ1n) is 11.2. The maximum atomic E-state index is 12.6. The van der Waals surface area contributed by atoms with Crippen molar-refractivity contribution in [3.05, 3.63) is 77.0 Å². The molecule has 0 aliphatic carbocycles. The molecule has 8 heteroatoms. The number of para-hydroxylation sites is 1. The summed E-state index contributed by atoms with van der Waals surface area (Å²) in [5.41, 5.74) is 2.75. The Labute approximate surface area is 203 Å². The van der Waals surface area contributed by atoms with Crippen LogP contribution in [0.25, 0.3) is 17.0 Å². The molecular weight excluding hydrogens is 448 g/mol. The summed E-state index contributed by atoms with van der Waals surface area (Å²) in [4.78, 5) is 41.9. The van der Waals surface area contributed by atoms with Gasteiger partial charge in [-0.2, -0.15) is 0 Å². The number of carbonyl (C=O) groups is 3. The SMILES string of the molecule is CCOC(=O)c1c(COC(=O)[C@H](C)NC(=O)/C=C/c2ccc(OC)cc2)nc2ccccc2c1C. The van der Waals surface area contributed by atoms with Crippen molar-refractivity contribution in [3.63, 3.8) is 0 Å². The second-order valence-corrected chi connectivity index (χ2v) is 7.74. The first-order chi connectivity index (χ1) is 16.8. The molecular formula is C27H28N2O6. The van der Waals surface area contributed by atoms with Crippen molar-refractivity contribution < 1.29 is 28.6 Å². The van der Waals surface area contributed by atoms with E-state index in [4.69, 9.17) is 14.2 Å². The highest BCUT2D eigenvalue weighted by Crippen LogP contribution is 2.24. The zero-order valence-corrected chi connectivity index (χ0v) is 20.2. The van der Waals surface area contributed by atoms with E-state index < -0.39 is 23.9 Å². The van der Waals surface area contributed by atoms with E-state index >= 15 is 0 Å². The highest BCUT2D eigenvalue weighted by molar-refractivity contribution is 5.98. The van der Waals surface area contributed by atoms with Crippen LogP contribution in [0.3, 0.4) is 0 Å². The van der Waals surface area contributed by atoms with Gasteiger partial charge in [-0.25, -0.2) is 14.6 Å². The molecule has 0 bridgehead atoms. The van der Waals surface area contributed by atoms with Crippen LogP contribution in [0, 0.1) is 6.92 Å². The molecule has 0 saturated carbocycles. The molecule has 182 valence electrons. The standard InChI is InChI=1S/C27H28N2O6/c1-5-34-27(32)25-17(2)21-8-6-7-9-22(21)29-23(25)16-35-26(31)18(3)28-24(30)15-12-19-10-13-20(33-4)14-11-19/h6-15,18H,5,16H2,1-4H3,(H,28,30)/b15-12+/t18-/m0/s1. The average Bonchev–Trinajstić information content (AvgIpc) is 2.86. The maximum absolute atomic E-state index is 12.6. The van der Waals surface area contributed by atoms with Gasteiger partial charge < -0.3 is 19.5 Å². The van der Waals surface area contributed by atoms with Gasteiger partial charge >= 0.3 is 11.9 Å². The fourth-order valence-corrected chi connectivity index (χ4v) is 3.49. The molecule has 3 aromatic rings. The second kappa shape index (κ2) is 11.8. The number of rotatable bonds is 9. The molecule has 3 rings (SSSR count). The zero-order chi connectivity index (χ0) is 25.4. The molecule has 8 nitrogen and oxygen atoms in total. The summed E-state index contributed by atoms with van der Waals surface area (Å²) in [5.74, 6) is -0.916. The number of methoxy groups -OCH3 is 1. The highest BCUT2D eigenvalue weighted by Gasteiger charge is 2.22. The minimum absolute atomic E-state index is 0.206. The Morgan fingerprint density at radius 2 is 1.77 bits per heavy atom. The van der Waals surface area contributed by atoms with Gasteiger partial charge in [0.05, 0.1) is 30.5 Å². The average molecular weight is 477 g/mol. The predicted molar refractivity (Wildman–Crippen MR) is 132 cm³/mol. The number of nitrogens with one attached hydrogen (secondary N) is 1. The van der Waals surface area contributed by atoms with Gasteiger partial charge in [-0.1, -0.05) is 30.3 Å². The van der Waals surface area contributed by atoms with Crippen molar-refractivity contribution in [2.75, 3.05) is 13.7 Å². The lowest BCUT2D eigenvalue weighted by atomic mass is 10.0. The molecule has 2 aromatic carbocycles. The Kier molecular flexibility index (Phi) is 8.56. The van der Waals surface area contributed by atoms with Crippen LogP contribution in [0.4, 0.5) is 0 Å². The van der Waals surface area contributed by atoms with Crippen LogP contribution in [-0.2, 0) is 25.7 Å². The summed E-state index contributed by atoms with van der Waals surface area (Å²) in [6.07, 6.45) is 2.96. The van der Waals surface area contributed by atoms with E-state index in [1.165, 1.54) is 13.0 Å². The number of fused-ring (bicyclic) bond motifs is 1. The van der Waals surface area contributed by atoms with Crippen LogP contribution in [-0.4, -0.2) is 42.6 Å². The van der Waals surface area contributed by atoms with Crippen molar-refractivity contribution in [1.82, 2.24) is 10.3 Å². The number of nitrogens with zero attached hydrogens (tertiary/aromatic N) is 1. The van der Waals surface area contributed by atoms with Crippen LogP contribution in [0.5, 0.6) is 5.75 Å². The van der Waals surface area contributed by atoms with E-state index in [0.29, 0.717) is 22.5 Å². The summed E-state index contributed by atoms with van der Waals surface area (Å²) < 4.78 is 15.7. The number of aromatic nitrogens is 1. The number of ether oxygens (including phenoxy) is 3. The van der Waals surface area contributed by atoms with Gasteiger partial charge in [0.25, 0.3) is 0 Å². The van der Waals surface area contributed by atoms with Gasteiger partial charge in [0, 0.05) is 11.5 Å². The first-order valence-corrected chi connectivity index (χ1v) is 11.2. The number of benzene rings is 2. The Hall–Kier alpha value is -4.20. The molecule has 0 spiro atoms. The number of hydrogen-bond donors (Lipinski definition) is 1. The van der Waals surface area contributed by atoms with Crippen LogP contribution >= 0.6 is 0 Å². The van der Waals surface area contributed by atoms with Gasteiger partial charge in [0.1, 0.15) is 18.4 Å². The number of hydrogen-bond acceptors (Lipinski definition) is 7. The van der Waals surface area contributed by atoms with Crippen molar-refractivity contribution in [2.45, 2.75) is 33.4 Å². The van der Waals surface area contributed by atoms with Gasteiger partial charge in [-0.3, -0.25) is 4.79 Å². The van der Waals surface area contributed by atoms with Crippen LogP contribution in [0.1, 0.15) is 41.0 Å². The third-order valence-electron chi connectivity index (χ3n) is 5.31. The summed E-state index contributed by atoms with van der Waals surface area (Å²) >= 11 is 0. The summed E-state index contributed by atoms with van der Waals surface area (Å²) in [7, 11) is 1.58. The highest BCUT2D eigenvalue weighted by atomic mass is 16.5. The van der Waals surface area contributed by atoms with Crippen molar-refractivity contribution >= 4 is 34.8 Å². The molecule has 0 aliphatic rings. The number of aryl methyl sites for hydroxylation is 1. The molecule has 1 N–H and O–H groups in total. The van der Waals surface area contributed by atoms with Gasteiger partial charge in [0.15, 0.2) is 0 Å². The number of carbonyl (C=O) groups excluding carboxylic acids is 3. The van der Waals surface area contributed by atoms with E-state index in [0.717, 1.165) is 10.9 Å². The van der Waals surface area contributed by atoms with Crippen LogP contribution < -0.4 is 10.1 Å². The Morgan fingerprint density at radius 1 is 1.06 bits per heavy atom. The molecule has 0 radical (unpaired) electrons. The molecule has 1 atom stereocenters. The van der Waals surface area contributed by atoms with Crippen molar-refractivity contribution in [3.8, 4) is 5.75 Å². The van der Waals surface area contributed by atoms with Crippen molar-refractivity contribution in [1.29, 1.82) is 0 Å². The zero-order valence-electron chi connectivity index (χ0n) is 20.2. The van der Waals surface area contributed by atoms with Crippen LogP contribution in [0.2, 0.25) is 0 Å². The molecule has 35 heavy (non-hydrogen) atoms. The molecule has 1 heterocycles. The fourth-order valence-electron chi connectivity index (χ4n) is 3.49. The van der Waals surface area contributed by atoms with E-state index in [1.807, 2.05) is 24.3 Å². The third kappa shape index (κ3) is 6.44. The molecule has 1 amide bonds. The second-order valence-electron chi connectivity index (χ2n) is 7.74. The molecule has 0 saturated heterocycles. The van der Waals surface area contributed by atoms with Gasteiger partial charge in [-0.15, -0.1) is 0 Å². The normalized spacial score (nSPS) is 11.8. The van der Waals surface area contributed by atoms with Gasteiger partial charge in [-0.05, 0) is 56.2 Å².